The molecule has 1 aromatic carbocycles. The van der Waals surface area contributed by atoms with Crippen molar-refractivity contribution in [2.75, 3.05) is 7.05 Å². The molecule has 2 aromatic rings. The number of benzene rings is 1. The molecule has 4 heteroatoms. The number of carbonyl (C=O) groups excluding carboxylic acids is 1. The third kappa shape index (κ3) is 3.67. The van der Waals surface area contributed by atoms with Gasteiger partial charge in [-0.3, -0.25) is 4.79 Å². The van der Waals surface area contributed by atoms with Crippen LogP contribution in [0, 0.1) is 0 Å². The van der Waals surface area contributed by atoms with Crippen molar-refractivity contribution in [3.63, 3.8) is 0 Å². The Labute approximate surface area is 127 Å². The number of halogens is 1. The van der Waals surface area contributed by atoms with Crippen LogP contribution in [0.2, 0.25) is 0 Å². The van der Waals surface area contributed by atoms with Crippen LogP contribution in [-0.4, -0.2) is 22.8 Å². The summed E-state index contributed by atoms with van der Waals surface area (Å²) < 4.78 is 0.670. The number of aryl methyl sites for hydroxylation is 1. The average molecular weight is 333 g/mol. The number of pyridine rings is 1. The maximum Gasteiger partial charge on any atom is 0.254 e. The molecule has 0 spiro atoms. The second-order valence-corrected chi connectivity index (χ2v) is 5.51. The SMILES string of the molecule is CCc1ccc(CN(C)C(=O)c2ccnc(Br)c2)cc1. The van der Waals surface area contributed by atoms with Crippen molar-refractivity contribution in [1.82, 2.24) is 9.88 Å². The van der Waals surface area contributed by atoms with Crippen LogP contribution in [0.15, 0.2) is 47.2 Å². The molecule has 20 heavy (non-hydrogen) atoms. The molecular formula is C16H17BrN2O. The monoisotopic (exact) mass is 332 g/mol. The van der Waals surface area contributed by atoms with Gasteiger partial charge in [0.2, 0.25) is 0 Å². The van der Waals surface area contributed by atoms with Gasteiger partial charge in [-0.05, 0) is 45.6 Å². The summed E-state index contributed by atoms with van der Waals surface area (Å²) in [4.78, 5) is 18.0. The molecule has 1 aromatic heterocycles. The van der Waals surface area contributed by atoms with Gasteiger partial charge in [0.05, 0.1) is 0 Å². The largest absolute Gasteiger partial charge is 0.337 e. The van der Waals surface area contributed by atoms with E-state index in [2.05, 4.69) is 52.1 Å². The standard InChI is InChI=1S/C16H17BrN2O/c1-3-12-4-6-13(7-5-12)11-19(2)16(20)14-8-9-18-15(17)10-14/h4-10H,3,11H2,1-2H3. The molecule has 0 aliphatic rings. The van der Waals surface area contributed by atoms with E-state index in [0.29, 0.717) is 16.7 Å². The molecule has 3 nitrogen and oxygen atoms in total. The van der Waals surface area contributed by atoms with E-state index in [1.165, 1.54) is 5.56 Å². The summed E-state index contributed by atoms with van der Waals surface area (Å²) in [6.07, 6.45) is 2.65. The molecule has 104 valence electrons. The summed E-state index contributed by atoms with van der Waals surface area (Å²) in [7, 11) is 1.81. The van der Waals surface area contributed by atoms with E-state index >= 15 is 0 Å². The van der Waals surface area contributed by atoms with Gasteiger partial charge in [-0.25, -0.2) is 4.98 Å². The molecule has 0 N–H and O–H groups in total. The number of hydrogen-bond acceptors (Lipinski definition) is 2. The van der Waals surface area contributed by atoms with Crippen LogP contribution in [-0.2, 0) is 13.0 Å². The lowest BCUT2D eigenvalue weighted by Gasteiger charge is -2.17. The molecule has 2 rings (SSSR count). The van der Waals surface area contributed by atoms with Gasteiger partial charge in [0, 0.05) is 25.4 Å². The predicted octanol–water partition coefficient (Wildman–Crippen LogP) is 3.68. The lowest BCUT2D eigenvalue weighted by molar-refractivity contribution is 0.0785. The zero-order chi connectivity index (χ0) is 14.5. The van der Waals surface area contributed by atoms with Crippen molar-refractivity contribution >= 4 is 21.8 Å². The Hall–Kier alpha value is -1.68. The zero-order valence-electron chi connectivity index (χ0n) is 11.6. The van der Waals surface area contributed by atoms with E-state index in [1.807, 2.05) is 7.05 Å². The zero-order valence-corrected chi connectivity index (χ0v) is 13.2. The van der Waals surface area contributed by atoms with Crippen LogP contribution in [0.5, 0.6) is 0 Å². The highest BCUT2D eigenvalue weighted by atomic mass is 79.9. The molecule has 0 unspecified atom stereocenters. The van der Waals surface area contributed by atoms with Gasteiger partial charge < -0.3 is 4.90 Å². The second kappa shape index (κ2) is 6.66. The van der Waals surface area contributed by atoms with E-state index in [9.17, 15) is 4.79 Å². The Morgan fingerprint density at radius 1 is 1.20 bits per heavy atom. The van der Waals surface area contributed by atoms with E-state index < -0.39 is 0 Å². The summed E-state index contributed by atoms with van der Waals surface area (Å²) in [5, 5.41) is 0. The lowest BCUT2D eigenvalue weighted by atomic mass is 10.1. The topological polar surface area (TPSA) is 33.2 Å². The highest BCUT2D eigenvalue weighted by Gasteiger charge is 2.12. The Kier molecular flexibility index (Phi) is 4.90. The molecule has 0 atom stereocenters. The summed E-state index contributed by atoms with van der Waals surface area (Å²) in [6, 6.07) is 11.8. The maximum atomic E-state index is 12.3. The molecule has 0 radical (unpaired) electrons. The minimum absolute atomic E-state index is 0.00679. The highest BCUT2D eigenvalue weighted by molar-refractivity contribution is 9.10. The minimum atomic E-state index is -0.00679. The van der Waals surface area contributed by atoms with E-state index in [-0.39, 0.29) is 5.91 Å². The number of carbonyl (C=O) groups is 1. The van der Waals surface area contributed by atoms with Crippen LogP contribution in [0.25, 0.3) is 0 Å². The fourth-order valence-electron chi connectivity index (χ4n) is 1.98. The first-order valence-corrected chi connectivity index (χ1v) is 7.34. The molecule has 1 heterocycles. The van der Waals surface area contributed by atoms with Crippen LogP contribution in [0.3, 0.4) is 0 Å². The normalized spacial score (nSPS) is 10.3. The number of nitrogens with zero attached hydrogens (tertiary/aromatic N) is 2. The first-order chi connectivity index (χ1) is 9.60. The molecule has 1 amide bonds. The molecule has 0 saturated carbocycles. The van der Waals surface area contributed by atoms with Gasteiger partial charge in [0.15, 0.2) is 0 Å². The fraction of sp³-hybridized carbons (Fsp3) is 0.250. The number of amides is 1. The summed E-state index contributed by atoms with van der Waals surface area (Å²) >= 11 is 3.28. The summed E-state index contributed by atoms with van der Waals surface area (Å²) in [5.41, 5.74) is 3.08. The first-order valence-electron chi connectivity index (χ1n) is 6.55. The highest BCUT2D eigenvalue weighted by Crippen LogP contribution is 2.12. The van der Waals surface area contributed by atoms with Crippen LogP contribution in [0.1, 0.15) is 28.4 Å². The van der Waals surface area contributed by atoms with Crippen molar-refractivity contribution < 1.29 is 4.79 Å². The molecular weight excluding hydrogens is 316 g/mol. The maximum absolute atomic E-state index is 12.3. The second-order valence-electron chi connectivity index (χ2n) is 4.70. The van der Waals surface area contributed by atoms with E-state index in [0.717, 1.165) is 12.0 Å². The van der Waals surface area contributed by atoms with Gasteiger partial charge in [-0.15, -0.1) is 0 Å². The van der Waals surface area contributed by atoms with Gasteiger partial charge in [0.25, 0.3) is 5.91 Å². The van der Waals surface area contributed by atoms with Gasteiger partial charge >= 0.3 is 0 Å². The number of rotatable bonds is 4. The smallest absolute Gasteiger partial charge is 0.254 e. The Bertz CT molecular complexity index is 596. The summed E-state index contributed by atoms with van der Waals surface area (Å²) in [5.74, 6) is -0.00679. The van der Waals surface area contributed by atoms with Crippen molar-refractivity contribution in [2.45, 2.75) is 19.9 Å². The lowest BCUT2D eigenvalue weighted by Crippen LogP contribution is -2.26. The van der Waals surface area contributed by atoms with Gasteiger partial charge in [-0.2, -0.15) is 0 Å². The van der Waals surface area contributed by atoms with E-state index in [1.54, 1.807) is 23.2 Å². The van der Waals surface area contributed by atoms with Crippen molar-refractivity contribution in [2.24, 2.45) is 0 Å². The molecule has 0 aliphatic carbocycles. The number of hydrogen-bond donors (Lipinski definition) is 0. The van der Waals surface area contributed by atoms with Crippen LogP contribution < -0.4 is 0 Å². The summed E-state index contributed by atoms with van der Waals surface area (Å²) in [6.45, 7) is 2.73. The van der Waals surface area contributed by atoms with Crippen LogP contribution in [0.4, 0.5) is 0 Å². The predicted molar refractivity (Wildman–Crippen MR) is 83.6 cm³/mol. The van der Waals surface area contributed by atoms with Crippen molar-refractivity contribution in [3.8, 4) is 0 Å². The molecule has 0 saturated heterocycles. The Morgan fingerprint density at radius 2 is 1.85 bits per heavy atom. The van der Waals surface area contributed by atoms with Gasteiger partial charge in [0.1, 0.15) is 4.60 Å². The quantitative estimate of drug-likeness (QED) is 0.800. The number of aromatic nitrogens is 1. The first kappa shape index (κ1) is 14.7. The van der Waals surface area contributed by atoms with Crippen molar-refractivity contribution in [3.05, 3.63) is 63.9 Å². The van der Waals surface area contributed by atoms with Gasteiger partial charge in [-0.1, -0.05) is 31.2 Å². The third-order valence-corrected chi connectivity index (χ3v) is 3.60. The Balaban J connectivity index is 2.07. The molecule has 0 bridgehead atoms. The third-order valence-electron chi connectivity index (χ3n) is 3.17. The fourth-order valence-corrected chi connectivity index (χ4v) is 2.35. The molecule has 0 aliphatic heterocycles. The van der Waals surface area contributed by atoms with Crippen molar-refractivity contribution in [1.29, 1.82) is 0 Å². The van der Waals surface area contributed by atoms with Crippen LogP contribution >= 0.6 is 15.9 Å². The van der Waals surface area contributed by atoms with E-state index in [4.69, 9.17) is 0 Å². The Morgan fingerprint density at radius 3 is 2.45 bits per heavy atom. The minimum Gasteiger partial charge on any atom is -0.337 e. The average Bonchev–Trinajstić information content (AvgIpc) is 2.47. The molecule has 0 fully saturated rings.